The van der Waals surface area contributed by atoms with Crippen molar-refractivity contribution >= 4 is 11.6 Å². The van der Waals surface area contributed by atoms with Gasteiger partial charge in [0, 0.05) is 5.02 Å². The zero-order valence-corrected chi connectivity index (χ0v) is 9.74. The van der Waals surface area contributed by atoms with Gasteiger partial charge in [0.05, 0.1) is 17.6 Å². The van der Waals surface area contributed by atoms with Crippen molar-refractivity contribution < 1.29 is 5.11 Å². The van der Waals surface area contributed by atoms with Crippen LogP contribution in [-0.4, -0.2) is 11.2 Å². The number of rotatable bonds is 1. The fourth-order valence-electron chi connectivity index (χ4n) is 2.35. The summed E-state index contributed by atoms with van der Waals surface area (Å²) in [4.78, 5) is 0. The number of nitrogens with zero attached hydrogens (tertiary/aromatic N) is 1. The molecule has 0 amide bonds. The molecule has 0 heterocycles. The predicted molar refractivity (Wildman–Crippen MR) is 63.2 cm³/mol. The molecule has 0 spiro atoms. The molecule has 2 nitrogen and oxygen atoms in total. The van der Waals surface area contributed by atoms with Crippen molar-refractivity contribution in [2.24, 2.45) is 0 Å². The molecule has 0 atom stereocenters. The summed E-state index contributed by atoms with van der Waals surface area (Å²) in [6, 6.07) is 9.92. The number of hydrogen-bond donors (Lipinski definition) is 1. The zero-order chi connectivity index (χ0) is 11.6. The average molecular weight is 236 g/mol. The summed E-state index contributed by atoms with van der Waals surface area (Å²) in [6.45, 7) is 0. The smallest absolute Gasteiger partial charge is 0.0824 e. The minimum absolute atomic E-state index is 0.249. The van der Waals surface area contributed by atoms with Crippen molar-refractivity contribution in [2.45, 2.75) is 37.2 Å². The Balaban J connectivity index is 2.32. The second-order valence-electron chi connectivity index (χ2n) is 4.44. The van der Waals surface area contributed by atoms with Crippen LogP contribution in [0.2, 0.25) is 5.02 Å². The first-order valence-electron chi connectivity index (χ1n) is 5.52. The van der Waals surface area contributed by atoms with E-state index < -0.39 is 5.41 Å². The Morgan fingerprint density at radius 3 is 2.62 bits per heavy atom. The van der Waals surface area contributed by atoms with Gasteiger partial charge in [-0.05, 0) is 43.4 Å². The maximum absolute atomic E-state index is 9.50. The van der Waals surface area contributed by atoms with Gasteiger partial charge in [0.15, 0.2) is 0 Å². The quantitative estimate of drug-likeness (QED) is 0.813. The third-order valence-electron chi connectivity index (χ3n) is 3.40. The maximum atomic E-state index is 9.50. The van der Waals surface area contributed by atoms with E-state index in [4.69, 9.17) is 11.6 Å². The summed E-state index contributed by atoms with van der Waals surface area (Å²) in [5, 5.41) is 19.6. The van der Waals surface area contributed by atoms with Gasteiger partial charge in [0.25, 0.3) is 0 Å². The van der Waals surface area contributed by atoms with Crippen molar-refractivity contribution in [3.05, 3.63) is 34.9 Å². The number of nitriles is 1. The first kappa shape index (κ1) is 11.4. The van der Waals surface area contributed by atoms with Crippen molar-refractivity contribution in [3.63, 3.8) is 0 Å². The second-order valence-corrected chi connectivity index (χ2v) is 4.87. The van der Waals surface area contributed by atoms with Gasteiger partial charge in [-0.3, -0.25) is 0 Å². The average Bonchev–Trinajstić information content (AvgIpc) is 2.31. The Bertz CT molecular complexity index is 416. The van der Waals surface area contributed by atoms with E-state index in [0.717, 1.165) is 5.56 Å². The highest BCUT2D eigenvalue weighted by Crippen LogP contribution is 2.39. The van der Waals surface area contributed by atoms with E-state index in [9.17, 15) is 10.4 Å². The van der Waals surface area contributed by atoms with E-state index in [1.165, 1.54) is 0 Å². The molecule has 1 aromatic carbocycles. The van der Waals surface area contributed by atoms with Crippen LogP contribution in [0.3, 0.4) is 0 Å². The van der Waals surface area contributed by atoms with Gasteiger partial charge in [0.1, 0.15) is 0 Å². The molecule has 1 saturated carbocycles. The lowest BCUT2D eigenvalue weighted by atomic mass is 9.70. The molecule has 0 radical (unpaired) electrons. The Labute approximate surface area is 100 Å². The van der Waals surface area contributed by atoms with Crippen LogP contribution in [0.5, 0.6) is 0 Å². The molecular weight excluding hydrogens is 222 g/mol. The fourth-order valence-corrected chi connectivity index (χ4v) is 2.54. The molecule has 3 heteroatoms. The van der Waals surface area contributed by atoms with Gasteiger partial charge in [0.2, 0.25) is 0 Å². The summed E-state index contributed by atoms with van der Waals surface area (Å²) in [6.07, 6.45) is 2.57. The molecule has 0 saturated heterocycles. The summed E-state index contributed by atoms with van der Waals surface area (Å²) in [5.41, 5.74) is 0.527. The van der Waals surface area contributed by atoms with Crippen LogP contribution in [0, 0.1) is 11.3 Å². The van der Waals surface area contributed by atoms with Crippen LogP contribution < -0.4 is 0 Å². The molecule has 1 aromatic rings. The number of hydrogen-bond acceptors (Lipinski definition) is 2. The SMILES string of the molecule is N#C[C@]1(c2cccc(Cl)c2)CC[C@H](O)CC1. The van der Waals surface area contributed by atoms with Crippen LogP contribution in [0.4, 0.5) is 0 Å². The lowest BCUT2D eigenvalue weighted by Gasteiger charge is -2.33. The highest BCUT2D eigenvalue weighted by Gasteiger charge is 2.36. The zero-order valence-electron chi connectivity index (χ0n) is 8.99. The van der Waals surface area contributed by atoms with Crippen LogP contribution in [-0.2, 0) is 5.41 Å². The normalized spacial score (nSPS) is 29.7. The maximum Gasteiger partial charge on any atom is 0.0824 e. The lowest BCUT2D eigenvalue weighted by Crippen LogP contribution is -2.32. The summed E-state index contributed by atoms with van der Waals surface area (Å²) >= 11 is 5.95. The van der Waals surface area contributed by atoms with E-state index >= 15 is 0 Å². The Morgan fingerprint density at radius 1 is 1.38 bits per heavy atom. The van der Waals surface area contributed by atoms with Gasteiger partial charge >= 0.3 is 0 Å². The van der Waals surface area contributed by atoms with Gasteiger partial charge in [-0.1, -0.05) is 23.7 Å². The molecule has 1 N–H and O–H groups in total. The largest absolute Gasteiger partial charge is 0.393 e. The third-order valence-corrected chi connectivity index (χ3v) is 3.63. The molecule has 1 aliphatic carbocycles. The molecule has 84 valence electrons. The molecule has 2 rings (SSSR count). The lowest BCUT2D eigenvalue weighted by molar-refractivity contribution is 0.109. The van der Waals surface area contributed by atoms with Crippen LogP contribution in [0.15, 0.2) is 24.3 Å². The van der Waals surface area contributed by atoms with Gasteiger partial charge in [-0.2, -0.15) is 5.26 Å². The van der Waals surface area contributed by atoms with Gasteiger partial charge in [-0.15, -0.1) is 0 Å². The van der Waals surface area contributed by atoms with Crippen LogP contribution >= 0.6 is 11.6 Å². The van der Waals surface area contributed by atoms with E-state index in [-0.39, 0.29) is 6.10 Å². The van der Waals surface area contributed by atoms with E-state index in [1.807, 2.05) is 24.3 Å². The molecule has 16 heavy (non-hydrogen) atoms. The highest BCUT2D eigenvalue weighted by molar-refractivity contribution is 6.30. The third kappa shape index (κ3) is 2.07. The molecule has 0 aliphatic heterocycles. The van der Waals surface area contributed by atoms with Crippen molar-refractivity contribution in [1.82, 2.24) is 0 Å². The van der Waals surface area contributed by atoms with Crippen LogP contribution in [0.1, 0.15) is 31.2 Å². The van der Waals surface area contributed by atoms with Gasteiger partial charge < -0.3 is 5.11 Å². The number of benzene rings is 1. The molecule has 0 unspecified atom stereocenters. The summed E-state index contributed by atoms with van der Waals surface area (Å²) in [5.74, 6) is 0. The highest BCUT2D eigenvalue weighted by atomic mass is 35.5. The van der Waals surface area contributed by atoms with E-state index in [1.54, 1.807) is 0 Å². The molecule has 1 aliphatic rings. The predicted octanol–water partition coefficient (Wildman–Crippen LogP) is 3.04. The molecule has 0 bridgehead atoms. The fraction of sp³-hybridized carbons (Fsp3) is 0.462. The van der Waals surface area contributed by atoms with Crippen molar-refractivity contribution in [3.8, 4) is 6.07 Å². The summed E-state index contributed by atoms with van der Waals surface area (Å²) in [7, 11) is 0. The monoisotopic (exact) mass is 235 g/mol. The summed E-state index contributed by atoms with van der Waals surface area (Å²) < 4.78 is 0. The first-order chi connectivity index (χ1) is 7.66. The van der Waals surface area contributed by atoms with E-state index in [0.29, 0.717) is 30.7 Å². The van der Waals surface area contributed by atoms with Crippen LogP contribution in [0.25, 0.3) is 0 Å². The molecular formula is C13H14ClNO. The van der Waals surface area contributed by atoms with Gasteiger partial charge in [-0.25, -0.2) is 0 Å². The van der Waals surface area contributed by atoms with Crippen molar-refractivity contribution in [2.75, 3.05) is 0 Å². The topological polar surface area (TPSA) is 44.0 Å². The first-order valence-corrected chi connectivity index (χ1v) is 5.89. The standard InChI is InChI=1S/C13H14ClNO/c14-11-3-1-2-10(8-11)13(9-15)6-4-12(16)5-7-13/h1-3,8,12,16H,4-7H2/t12-,13-. The van der Waals surface area contributed by atoms with Crippen molar-refractivity contribution in [1.29, 1.82) is 5.26 Å². The number of aliphatic hydroxyl groups is 1. The number of halogens is 1. The number of aliphatic hydroxyl groups excluding tert-OH is 1. The molecule has 1 fully saturated rings. The minimum atomic E-state index is -0.454. The minimum Gasteiger partial charge on any atom is -0.393 e. The molecule has 0 aromatic heterocycles. The Morgan fingerprint density at radius 2 is 2.06 bits per heavy atom. The van der Waals surface area contributed by atoms with E-state index in [2.05, 4.69) is 6.07 Å². The Kier molecular flexibility index (Phi) is 3.18. The Hall–Kier alpha value is -1.04. The second kappa shape index (κ2) is 4.45.